The van der Waals surface area contributed by atoms with Crippen molar-refractivity contribution in [3.05, 3.63) is 71.8 Å². The van der Waals surface area contributed by atoms with Crippen molar-refractivity contribution >= 4 is 5.91 Å². The van der Waals surface area contributed by atoms with E-state index >= 15 is 0 Å². The van der Waals surface area contributed by atoms with Crippen LogP contribution in [0.15, 0.2) is 60.7 Å². The summed E-state index contributed by atoms with van der Waals surface area (Å²) in [6.45, 7) is 2.81. The Morgan fingerprint density at radius 3 is 1.96 bits per heavy atom. The van der Waals surface area contributed by atoms with E-state index in [-0.39, 0.29) is 5.91 Å². The van der Waals surface area contributed by atoms with Gasteiger partial charge in [-0.25, -0.2) is 0 Å². The summed E-state index contributed by atoms with van der Waals surface area (Å²) in [4.78, 5) is 13.2. The van der Waals surface area contributed by atoms with E-state index in [0.29, 0.717) is 0 Å². The van der Waals surface area contributed by atoms with Gasteiger partial charge in [-0.3, -0.25) is 4.79 Å². The molecule has 0 aromatic heterocycles. The van der Waals surface area contributed by atoms with Gasteiger partial charge >= 0.3 is 0 Å². The third-order valence-electron chi connectivity index (χ3n) is 5.72. The van der Waals surface area contributed by atoms with E-state index in [4.69, 9.17) is 0 Å². The Labute approximate surface area is 151 Å². The van der Waals surface area contributed by atoms with E-state index < -0.39 is 5.41 Å². The predicted molar refractivity (Wildman–Crippen MR) is 104 cm³/mol. The summed E-state index contributed by atoms with van der Waals surface area (Å²) in [6.07, 6.45) is 7.83. The van der Waals surface area contributed by atoms with Crippen molar-refractivity contribution in [1.29, 1.82) is 0 Å². The second kappa shape index (κ2) is 8.33. The highest BCUT2D eigenvalue weighted by Gasteiger charge is 2.36. The van der Waals surface area contributed by atoms with Crippen molar-refractivity contribution in [3.63, 3.8) is 0 Å². The third-order valence-corrected chi connectivity index (χ3v) is 5.72. The van der Waals surface area contributed by atoms with Gasteiger partial charge in [0.05, 0.1) is 5.41 Å². The van der Waals surface area contributed by atoms with Crippen LogP contribution >= 0.6 is 0 Å². The van der Waals surface area contributed by atoms with Crippen molar-refractivity contribution in [1.82, 2.24) is 5.32 Å². The van der Waals surface area contributed by atoms with Crippen LogP contribution in [-0.2, 0) is 10.2 Å². The molecule has 1 aliphatic rings. The second-order valence-corrected chi connectivity index (χ2v) is 7.41. The molecule has 0 heterocycles. The van der Waals surface area contributed by atoms with Gasteiger partial charge < -0.3 is 5.32 Å². The molecule has 1 amide bonds. The first-order valence-electron chi connectivity index (χ1n) is 9.60. The van der Waals surface area contributed by atoms with Gasteiger partial charge in [-0.05, 0) is 30.4 Å². The standard InChI is InChI=1S/C23H29NO/c1-23(20-13-7-3-8-14-20,21-15-9-4-10-16-21)22(25)24-18-17-19-11-5-2-6-12-19/h3-4,7-10,13-16,19H,2,5-6,11-12,17-18H2,1H3,(H,24,25). The molecule has 0 atom stereocenters. The largest absolute Gasteiger partial charge is 0.355 e. The van der Waals surface area contributed by atoms with Gasteiger partial charge in [0, 0.05) is 6.54 Å². The number of carbonyl (C=O) groups is 1. The Hall–Kier alpha value is -2.09. The minimum absolute atomic E-state index is 0.0979. The van der Waals surface area contributed by atoms with Crippen molar-refractivity contribution in [2.24, 2.45) is 5.92 Å². The lowest BCUT2D eigenvalue weighted by molar-refractivity contribution is -0.124. The van der Waals surface area contributed by atoms with Crippen molar-refractivity contribution < 1.29 is 4.79 Å². The van der Waals surface area contributed by atoms with Crippen LogP contribution < -0.4 is 5.32 Å². The van der Waals surface area contributed by atoms with E-state index in [1.807, 2.05) is 67.6 Å². The van der Waals surface area contributed by atoms with Gasteiger partial charge in [0.2, 0.25) is 5.91 Å². The highest BCUT2D eigenvalue weighted by Crippen LogP contribution is 2.32. The lowest BCUT2D eigenvalue weighted by Gasteiger charge is -2.30. The zero-order valence-corrected chi connectivity index (χ0v) is 15.2. The van der Waals surface area contributed by atoms with E-state index in [0.717, 1.165) is 30.0 Å². The van der Waals surface area contributed by atoms with E-state index in [1.54, 1.807) is 0 Å². The summed E-state index contributed by atoms with van der Waals surface area (Å²) in [6, 6.07) is 20.2. The molecule has 2 aromatic carbocycles. The molecule has 2 heteroatoms. The zero-order chi connectivity index (χ0) is 17.5. The summed E-state index contributed by atoms with van der Waals surface area (Å²) < 4.78 is 0. The molecule has 25 heavy (non-hydrogen) atoms. The average molecular weight is 335 g/mol. The zero-order valence-electron chi connectivity index (χ0n) is 15.2. The van der Waals surface area contributed by atoms with Gasteiger partial charge in [0.15, 0.2) is 0 Å². The summed E-state index contributed by atoms with van der Waals surface area (Å²) in [5, 5.41) is 3.23. The normalized spacial score (nSPS) is 15.7. The van der Waals surface area contributed by atoms with Gasteiger partial charge in [-0.1, -0.05) is 92.8 Å². The fourth-order valence-corrected chi connectivity index (χ4v) is 4.01. The maximum Gasteiger partial charge on any atom is 0.234 e. The molecule has 0 spiro atoms. The number of benzene rings is 2. The Kier molecular flexibility index (Phi) is 5.91. The molecule has 1 saturated carbocycles. The molecule has 2 nitrogen and oxygen atoms in total. The van der Waals surface area contributed by atoms with Crippen molar-refractivity contribution in [2.75, 3.05) is 6.54 Å². The van der Waals surface area contributed by atoms with Crippen molar-refractivity contribution in [2.45, 2.75) is 50.9 Å². The molecule has 0 radical (unpaired) electrons. The fraction of sp³-hybridized carbons (Fsp3) is 0.435. The van der Waals surface area contributed by atoms with E-state index in [1.165, 1.54) is 32.1 Å². The van der Waals surface area contributed by atoms with Crippen LogP contribution in [-0.4, -0.2) is 12.5 Å². The number of hydrogen-bond acceptors (Lipinski definition) is 1. The summed E-state index contributed by atoms with van der Waals surface area (Å²) in [5.41, 5.74) is 1.42. The van der Waals surface area contributed by atoms with Gasteiger partial charge in [-0.2, -0.15) is 0 Å². The quantitative estimate of drug-likeness (QED) is 0.783. The molecule has 3 rings (SSSR count). The molecular formula is C23H29NO. The number of hydrogen-bond donors (Lipinski definition) is 1. The number of carbonyl (C=O) groups excluding carboxylic acids is 1. The van der Waals surface area contributed by atoms with Crippen LogP contribution in [0.25, 0.3) is 0 Å². The number of rotatable bonds is 6. The molecule has 0 saturated heterocycles. The highest BCUT2D eigenvalue weighted by molar-refractivity contribution is 5.91. The van der Waals surface area contributed by atoms with E-state index in [2.05, 4.69) is 5.32 Å². The van der Waals surface area contributed by atoms with Gasteiger partial charge in [0.25, 0.3) is 0 Å². The molecule has 0 unspecified atom stereocenters. The number of amides is 1. The summed E-state index contributed by atoms with van der Waals surface area (Å²) in [5.74, 6) is 0.884. The summed E-state index contributed by atoms with van der Waals surface area (Å²) in [7, 11) is 0. The molecule has 0 bridgehead atoms. The SMILES string of the molecule is CC(C(=O)NCCC1CCCCC1)(c1ccccc1)c1ccccc1. The van der Waals surface area contributed by atoms with Crippen LogP contribution in [0.2, 0.25) is 0 Å². The van der Waals surface area contributed by atoms with Gasteiger partial charge in [-0.15, -0.1) is 0 Å². The Morgan fingerprint density at radius 2 is 1.44 bits per heavy atom. The minimum Gasteiger partial charge on any atom is -0.355 e. The molecule has 1 fully saturated rings. The maximum absolute atomic E-state index is 13.2. The van der Waals surface area contributed by atoms with Gasteiger partial charge in [0.1, 0.15) is 0 Å². The monoisotopic (exact) mass is 335 g/mol. The average Bonchev–Trinajstić information content (AvgIpc) is 2.69. The van der Waals surface area contributed by atoms with E-state index in [9.17, 15) is 4.79 Å². The lowest BCUT2D eigenvalue weighted by Crippen LogP contribution is -2.43. The topological polar surface area (TPSA) is 29.1 Å². The van der Waals surface area contributed by atoms with Crippen LogP contribution in [0.5, 0.6) is 0 Å². The first kappa shape index (κ1) is 17.7. The molecule has 2 aromatic rings. The fourth-order valence-electron chi connectivity index (χ4n) is 4.01. The predicted octanol–water partition coefficient (Wildman–Crippen LogP) is 5.08. The first-order chi connectivity index (χ1) is 12.2. The minimum atomic E-state index is -0.658. The first-order valence-corrected chi connectivity index (χ1v) is 9.60. The smallest absolute Gasteiger partial charge is 0.234 e. The maximum atomic E-state index is 13.2. The molecule has 1 N–H and O–H groups in total. The Morgan fingerprint density at radius 1 is 0.920 bits per heavy atom. The molecule has 132 valence electrons. The lowest BCUT2D eigenvalue weighted by atomic mass is 9.75. The van der Waals surface area contributed by atoms with Crippen LogP contribution in [0.1, 0.15) is 56.6 Å². The Bertz CT molecular complexity index is 620. The second-order valence-electron chi connectivity index (χ2n) is 7.41. The third kappa shape index (κ3) is 4.12. The van der Waals surface area contributed by atoms with Crippen molar-refractivity contribution in [3.8, 4) is 0 Å². The van der Waals surface area contributed by atoms with Crippen LogP contribution in [0.3, 0.4) is 0 Å². The van der Waals surface area contributed by atoms with Crippen LogP contribution in [0, 0.1) is 5.92 Å². The summed E-state index contributed by atoms with van der Waals surface area (Å²) >= 11 is 0. The number of nitrogens with one attached hydrogen (secondary N) is 1. The molecular weight excluding hydrogens is 306 g/mol. The highest BCUT2D eigenvalue weighted by atomic mass is 16.2. The molecule has 1 aliphatic carbocycles. The Balaban J connectivity index is 1.74. The molecule has 0 aliphatic heterocycles. The van der Waals surface area contributed by atoms with Crippen LogP contribution in [0.4, 0.5) is 0 Å².